The number of amides is 2. The van der Waals surface area contributed by atoms with E-state index in [-0.39, 0.29) is 12.1 Å². The molecule has 1 aromatic carbocycles. The molecule has 1 heterocycles. The van der Waals surface area contributed by atoms with Crippen LogP contribution in [0.5, 0.6) is 5.75 Å². The van der Waals surface area contributed by atoms with Crippen LogP contribution in [0.1, 0.15) is 24.1 Å². The normalized spacial score (nSPS) is 11.7. The van der Waals surface area contributed by atoms with Crippen molar-refractivity contribution in [1.29, 1.82) is 0 Å². The van der Waals surface area contributed by atoms with Crippen molar-refractivity contribution in [3.8, 4) is 5.75 Å². The number of benzene rings is 1. The average molecular weight is 356 g/mol. The van der Waals surface area contributed by atoms with Gasteiger partial charge < -0.3 is 15.4 Å². The van der Waals surface area contributed by atoms with Gasteiger partial charge in [0.1, 0.15) is 17.4 Å². The molecule has 0 saturated heterocycles. The molecule has 2 amide bonds. The molecule has 1 atom stereocenters. The van der Waals surface area contributed by atoms with E-state index in [4.69, 9.17) is 16.3 Å². The monoisotopic (exact) mass is 355 g/mol. The average Bonchev–Trinajstić information content (AvgIpc) is 2.53. The van der Waals surface area contributed by atoms with Crippen LogP contribution in [0, 0.1) is 11.6 Å². The summed E-state index contributed by atoms with van der Waals surface area (Å²) in [5.41, 5.74) is 0.348. The number of rotatable bonds is 5. The number of aromatic nitrogens is 1. The maximum atomic E-state index is 13.6. The zero-order chi connectivity index (χ0) is 17.7. The Morgan fingerprint density at radius 1 is 1.33 bits per heavy atom. The van der Waals surface area contributed by atoms with Gasteiger partial charge in [0.05, 0.1) is 25.5 Å². The van der Waals surface area contributed by atoms with Crippen molar-refractivity contribution in [3.05, 3.63) is 58.4 Å². The van der Waals surface area contributed by atoms with E-state index in [9.17, 15) is 13.6 Å². The molecule has 1 unspecified atom stereocenters. The minimum absolute atomic E-state index is 0.0999. The fourth-order valence-electron chi connectivity index (χ4n) is 2.23. The summed E-state index contributed by atoms with van der Waals surface area (Å²) in [5, 5.41) is 5.48. The lowest BCUT2D eigenvalue weighted by Crippen LogP contribution is -2.37. The first-order chi connectivity index (χ1) is 11.4. The molecule has 0 radical (unpaired) electrons. The number of halogens is 3. The van der Waals surface area contributed by atoms with Crippen LogP contribution < -0.4 is 15.4 Å². The third-order valence-corrected chi connectivity index (χ3v) is 3.75. The summed E-state index contributed by atoms with van der Waals surface area (Å²) in [6.45, 7) is 1.57. The van der Waals surface area contributed by atoms with E-state index in [0.29, 0.717) is 16.3 Å². The highest BCUT2D eigenvalue weighted by molar-refractivity contribution is 6.31. The molecule has 0 saturated carbocycles. The standard InChI is InChI=1S/C16H16ClF2N3O2/c1-9(15-12(18)7-20-8-13(15)19)22-16(23)21-6-10-11(17)4-3-5-14(10)24-2/h3-5,7-9H,6H2,1-2H3,(H2,21,22,23). The molecule has 2 N–H and O–H groups in total. The Morgan fingerprint density at radius 3 is 2.62 bits per heavy atom. The maximum Gasteiger partial charge on any atom is 0.315 e. The quantitative estimate of drug-likeness (QED) is 0.861. The van der Waals surface area contributed by atoms with Crippen LogP contribution in [0.2, 0.25) is 5.02 Å². The molecule has 5 nitrogen and oxygen atoms in total. The third-order valence-electron chi connectivity index (χ3n) is 3.39. The van der Waals surface area contributed by atoms with E-state index in [1.807, 2.05) is 0 Å². The molecule has 24 heavy (non-hydrogen) atoms. The highest BCUT2D eigenvalue weighted by Crippen LogP contribution is 2.26. The highest BCUT2D eigenvalue weighted by atomic mass is 35.5. The van der Waals surface area contributed by atoms with Gasteiger partial charge in [-0.25, -0.2) is 13.6 Å². The van der Waals surface area contributed by atoms with Gasteiger partial charge in [0.2, 0.25) is 0 Å². The van der Waals surface area contributed by atoms with E-state index in [1.165, 1.54) is 14.0 Å². The highest BCUT2D eigenvalue weighted by Gasteiger charge is 2.18. The Hall–Kier alpha value is -2.41. The van der Waals surface area contributed by atoms with Gasteiger partial charge in [0.15, 0.2) is 0 Å². The topological polar surface area (TPSA) is 63.2 Å². The van der Waals surface area contributed by atoms with Crippen LogP contribution in [-0.4, -0.2) is 18.1 Å². The largest absolute Gasteiger partial charge is 0.496 e. The number of urea groups is 1. The predicted octanol–water partition coefficient (Wildman–Crippen LogP) is 3.58. The van der Waals surface area contributed by atoms with Gasteiger partial charge in [-0.1, -0.05) is 17.7 Å². The van der Waals surface area contributed by atoms with Crippen LogP contribution >= 0.6 is 11.6 Å². The fourth-order valence-corrected chi connectivity index (χ4v) is 2.46. The summed E-state index contributed by atoms with van der Waals surface area (Å²) >= 11 is 6.08. The summed E-state index contributed by atoms with van der Waals surface area (Å²) in [7, 11) is 1.49. The van der Waals surface area contributed by atoms with E-state index in [2.05, 4.69) is 15.6 Å². The molecule has 2 rings (SSSR count). The maximum absolute atomic E-state index is 13.6. The molecule has 0 aliphatic rings. The summed E-state index contributed by atoms with van der Waals surface area (Å²) in [6.07, 6.45) is 1.78. The molecule has 0 spiro atoms. The molecular weight excluding hydrogens is 340 g/mol. The van der Waals surface area contributed by atoms with E-state index >= 15 is 0 Å². The number of carbonyl (C=O) groups is 1. The first-order valence-electron chi connectivity index (χ1n) is 7.08. The summed E-state index contributed by atoms with van der Waals surface area (Å²) in [5.74, 6) is -1.12. The van der Waals surface area contributed by atoms with Crippen LogP contribution in [0.25, 0.3) is 0 Å². The van der Waals surface area contributed by atoms with Gasteiger partial charge in [-0.2, -0.15) is 0 Å². The SMILES string of the molecule is COc1cccc(Cl)c1CNC(=O)NC(C)c1c(F)cncc1F. The number of hydrogen-bond donors (Lipinski definition) is 2. The lowest BCUT2D eigenvalue weighted by Gasteiger charge is -2.17. The molecule has 1 aromatic heterocycles. The minimum atomic E-state index is -0.874. The molecule has 8 heteroatoms. The zero-order valence-corrected chi connectivity index (χ0v) is 13.8. The van der Waals surface area contributed by atoms with Crippen LogP contribution in [0.4, 0.5) is 13.6 Å². The molecule has 0 fully saturated rings. The van der Waals surface area contributed by atoms with Gasteiger partial charge in [-0.05, 0) is 19.1 Å². The predicted molar refractivity (Wildman–Crippen MR) is 85.9 cm³/mol. The van der Waals surface area contributed by atoms with Crippen molar-refractivity contribution in [2.24, 2.45) is 0 Å². The summed E-state index contributed by atoms with van der Waals surface area (Å²) in [6, 6.07) is 3.64. The molecule has 128 valence electrons. The first kappa shape index (κ1) is 17.9. The lowest BCUT2D eigenvalue weighted by atomic mass is 10.1. The van der Waals surface area contributed by atoms with E-state index < -0.39 is 23.7 Å². The number of nitrogens with one attached hydrogen (secondary N) is 2. The Bertz CT molecular complexity index is 723. The Labute approximate surface area is 143 Å². The number of nitrogens with zero attached hydrogens (tertiary/aromatic N) is 1. The fraction of sp³-hybridized carbons (Fsp3) is 0.250. The van der Waals surface area contributed by atoms with Crippen molar-refractivity contribution >= 4 is 17.6 Å². The molecule has 0 aliphatic carbocycles. The Balaban J connectivity index is 2.02. The minimum Gasteiger partial charge on any atom is -0.496 e. The second-order valence-electron chi connectivity index (χ2n) is 4.99. The van der Waals surface area contributed by atoms with Crippen molar-refractivity contribution in [2.45, 2.75) is 19.5 Å². The van der Waals surface area contributed by atoms with Gasteiger partial charge in [0.25, 0.3) is 0 Å². The lowest BCUT2D eigenvalue weighted by molar-refractivity contribution is 0.237. The second kappa shape index (κ2) is 7.92. The van der Waals surface area contributed by atoms with Crippen molar-refractivity contribution in [1.82, 2.24) is 15.6 Å². The number of hydrogen-bond acceptors (Lipinski definition) is 3. The van der Waals surface area contributed by atoms with Crippen molar-refractivity contribution in [2.75, 3.05) is 7.11 Å². The van der Waals surface area contributed by atoms with Crippen molar-refractivity contribution in [3.63, 3.8) is 0 Å². The number of pyridine rings is 1. The second-order valence-corrected chi connectivity index (χ2v) is 5.39. The zero-order valence-electron chi connectivity index (χ0n) is 13.1. The Morgan fingerprint density at radius 2 is 2.00 bits per heavy atom. The van der Waals surface area contributed by atoms with Crippen LogP contribution in [0.15, 0.2) is 30.6 Å². The first-order valence-corrected chi connectivity index (χ1v) is 7.46. The van der Waals surface area contributed by atoms with Gasteiger partial charge in [0, 0.05) is 22.7 Å². The number of ether oxygens (including phenoxy) is 1. The van der Waals surface area contributed by atoms with Crippen LogP contribution in [0.3, 0.4) is 0 Å². The van der Waals surface area contributed by atoms with E-state index in [1.54, 1.807) is 18.2 Å². The Kier molecular flexibility index (Phi) is 5.92. The smallest absolute Gasteiger partial charge is 0.315 e. The molecule has 2 aromatic rings. The third kappa shape index (κ3) is 4.11. The molecule has 0 aliphatic heterocycles. The van der Waals surface area contributed by atoms with Gasteiger partial charge >= 0.3 is 6.03 Å². The molecule has 0 bridgehead atoms. The van der Waals surface area contributed by atoms with Crippen LogP contribution in [-0.2, 0) is 6.54 Å². The van der Waals surface area contributed by atoms with Gasteiger partial charge in [-0.15, -0.1) is 0 Å². The number of carbonyl (C=O) groups excluding carboxylic acids is 1. The summed E-state index contributed by atoms with van der Waals surface area (Å²) < 4.78 is 32.5. The van der Waals surface area contributed by atoms with E-state index in [0.717, 1.165) is 12.4 Å². The van der Waals surface area contributed by atoms with Crippen molar-refractivity contribution < 1.29 is 18.3 Å². The van der Waals surface area contributed by atoms with Gasteiger partial charge in [-0.3, -0.25) is 4.98 Å². The number of methoxy groups -OCH3 is 1. The summed E-state index contributed by atoms with van der Waals surface area (Å²) in [4.78, 5) is 15.4. The molecular formula is C16H16ClF2N3O2.